The molecule has 2 aromatic rings. The summed E-state index contributed by atoms with van der Waals surface area (Å²) in [6.45, 7) is 2.87. The first kappa shape index (κ1) is 13.2. The van der Waals surface area contributed by atoms with Gasteiger partial charge in [-0.05, 0) is 44.0 Å². The molecular formula is C16H20N2O2. The summed E-state index contributed by atoms with van der Waals surface area (Å²) in [7, 11) is 1.85. The molecule has 0 radical (unpaired) electrons. The molecule has 1 saturated heterocycles. The average molecular weight is 272 g/mol. The molecule has 1 atom stereocenters. The van der Waals surface area contributed by atoms with E-state index in [-0.39, 0.29) is 5.91 Å². The first-order chi connectivity index (χ1) is 9.74. The van der Waals surface area contributed by atoms with Gasteiger partial charge in [-0.25, -0.2) is 0 Å². The molecular weight excluding hydrogens is 252 g/mol. The maximum Gasteiger partial charge on any atom is 0.289 e. The molecule has 1 aliphatic heterocycles. The van der Waals surface area contributed by atoms with Crippen LogP contribution < -0.4 is 5.32 Å². The van der Waals surface area contributed by atoms with Crippen LogP contribution >= 0.6 is 0 Å². The Morgan fingerprint density at radius 1 is 1.45 bits per heavy atom. The zero-order valence-electron chi connectivity index (χ0n) is 11.8. The second kappa shape index (κ2) is 5.67. The molecule has 1 amide bonds. The van der Waals surface area contributed by atoms with Crippen molar-refractivity contribution in [1.29, 1.82) is 0 Å². The molecule has 4 nitrogen and oxygen atoms in total. The van der Waals surface area contributed by atoms with Gasteiger partial charge in [-0.1, -0.05) is 18.2 Å². The van der Waals surface area contributed by atoms with E-state index in [1.807, 2.05) is 37.4 Å². The fourth-order valence-electron chi connectivity index (χ4n) is 2.83. The van der Waals surface area contributed by atoms with Crippen LogP contribution in [0.15, 0.2) is 34.7 Å². The number of furan rings is 1. The molecule has 20 heavy (non-hydrogen) atoms. The molecule has 3 rings (SSSR count). The average Bonchev–Trinajstić information content (AvgIpc) is 2.91. The van der Waals surface area contributed by atoms with Gasteiger partial charge < -0.3 is 14.6 Å². The molecule has 2 heterocycles. The van der Waals surface area contributed by atoms with Crippen LogP contribution in [-0.4, -0.2) is 37.5 Å². The Labute approximate surface area is 118 Å². The third-order valence-corrected chi connectivity index (χ3v) is 3.91. The van der Waals surface area contributed by atoms with Crippen LogP contribution in [0, 0.1) is 5.92 Å². The van der Waals surface area contributed by atoms with Crippen LogP contribution in [0.1, 0.15) is 23.4 Å². The number of para-hydroxylation sites is 1. The lowest BCUT2D eigenvalue weighted by Gasteiger charge is -2.27. The first-order valence-electron chi connectivity index (χ1n) is 7.19. The number of rotatable bonds is 3. The van der Waals surface area contributed by atoms with Crippen molar-refractivity contribution in [2.45, 2.75) is 12.8 Å². The summed E-state index contributed by atoms with van der Waals surface area (Å²) >= 11 is 0. The van der Waals surface area contributed by atoms with Crippen molar-refractivity contribution in [2.24, 2.45) is 5.92 Å². The molecule has 1 fully saturated rings. The van der Waals surface area contributed by atoms with Gasteiger partial charge in [0.05, 0.1) is 0 Å². The Bertz CT molecular complexity index is 566. The van der Waals surface area contributed by atoms with Crippen molar-refractivity contribution < 1.29 is 9.21 Å². The van der Waals surface area contributed by atoms with Gasteiger partial charge in [-0.3, -0.25) is 4.79 Å². The maximum absolute atomic E-state index is 12.4. The summed E-state index contributed by atoms with van der Waals surface area (Å²) in [6.07, 6.45) is 2.38. The summed E-state index contributed by atoms with van der Waals surface area (Å²) in [4.78, 5) is 14.2. The number of piperidine rings is 1. The van der Waals surface area contributed by atoms with Gasteiger partial charge in [-0.15, -0.1) is 0 Å². The van der Waals surface area contributed by atoms with E-state index in [0.29, 0.717) is 11.7 Å². The third-order valence-electron chi connectivity index (χ3n) is 3.91. The van der Waals surface area contributed by atoms with Crippen molar-refractivity contribution in [3.8, 4) is 0 Å². The Balaban J connectivity index is 1.70. The molecule has 1 aromatic carbocycles. The lowest BCUT2D eigenvalue weighted by Crippen LogP contribution is -2.39. The van der Waals surface area contributed by atoms with E-state index < -0.39 is 0 Å². The zero-order chi connectivity index (χ0) is 13.9. The van der Waals surface area contributed by atoms with Crippen LogP contribution in [-0.2, 0) is 0 Å². The van der Waals surface area contributed by atoms with Gasteiger partial charge in [0.2, 0.25) is 0 Å². The summed E-state index contributed by atoms with van der Waals surface area (Å²) in [5.41, 5.74) is 0.767. The number of carbonyl (C=O) groups excluding carboxylic acids is 1. The zero-order valence-corrected chi connectivity index (χ0v) is 11.8. The second-order valence-corrected chi connectivity index (χ2v) is 5.55. The molecule has 0 saturated carbocycles. The Morgan fingerprint density at radius 3 is 3.05 bits per heavy atom. The van der Waals surface area contributed by atoms with Crippen LogP contribution in [0.2, 0.25) is 0 Å². The Morgan fingerprint density at radius 2 is 2.30 bits per heavy atom. The van der Waals surface area contributed by atoms with Crippen molar-refractivity contribution in [3.05, 3.63) is 36.1 Å². The van der Waals surface area contributed by atoms with E-state index in [0.717, 1.165) is 30.6 Å². The highest BCUT2D eigenvalue weighted by Crippen LogP contribution is 2.20. The monoisotopic (exact) mass is 272 g/mol. The Kier molecular flexibility index (Phi) is 3.74. The molecule has 1 N–H and O–H groups in total. The van der Waals surface area contributed by atoms with E-state index in [1.165, 1.54) is 12.8 Å². The molecule has 1 aromatic heterocycles. The van der Waals surface area contributed by atoms with Crippen molar-refractivity contribution in [1.82, 2.24) is 10.2 Å². The predicted molar refractivity (Wildman–Crippen MR) is 78.8 cm³/mol. The molecule has 1 unspecified atom stereocenters. The molecule has 0 aliphatic carbocycles. The van der Waals surface area contributed by atoms with Crippen molar-refractivity contribution in [2.75, 3.05) is 26.7 Å². The number of amides is 1. The third kappa shape index (κ3) is 2.70. The number of nitrogens with zero attached hydrogens (tertiary/aromatic N) is 1. The molecule has 1 aliphatic rings. The van der Waals surface area contributed by atoms with Crippen LogP contribution in [0.3, 0.4) is 0 Å². The van der Waals surface area contributed by atoms with E-state index in [2.05, 4.69) is 5.32 Å². The van der Waals surface area contributed by atoms with Gasteiger partial charge in [0, 0.05) is 19.0 Å². The summed E-state index contributed by atoms with van der Waals surface area (Å²) in [5.74, 6) is 0.936. The molecule has 0 bridgehead atoms. The smallest absolute Gasteiger partial charge is 0.289 e. The maximum atomic E-state index is 12.4. The van der Waals surface area contributed by atoms with Gasteiger partial charge in [0.25, 0.3) is 5.91 Å². The standard InChI is InChI=1S/C16H20N2O2/c1-18(11-12-5-4-8-17-10-12)16(19)15-9-13-6-2-3-7-14(13)20-15/h2-3,6-7,9,12,17H,4-5,8,10-11H2,1H3. The highest BCUT2D eigenvalue weighted by Gasteiger charge is 2.21. The summed E-state index contributed by atoms with van der Waals surface area (Å²) < 4.78 is 5.63. The van der Waals surface area contributed by atoms with Gasteiger partial charge in [0.1, 0.15) is 5.58 Å². The minimum Gasteiger partial charge on any atom is -0.451 e. The van der Waals surface area contributed by atoms with Crippen molar-refractivity contribution >= 4 is 16.9 Å². The van der Waals surface area contributed by atoms with Gasteiger partial charge in [0.15, 0.2) is 5.76 Å². The Hall–Kier alpha value is -1.81. The largest absolute Gasteiger partial charge is 0.451 e. The normalized spacial score (nSPS) is 19.1. The summed E-state index contributed by atoms with van der Waals surface area (Å²) in [5, 5.41) is 4.35. The summed E-state index contributed by atoms with van der Waals surface area (Å²) in [6, 6.07) is 9.53. The predicted octanol–water partition coefficient (Wildman–Crippen LogP) is 2.50. The number of nitrogens with one attached hydrogen (secondary N) is 1. The van der Waals surface area contributed by atoms with Crippen LogP contribution in [0.25, 0.3) is 11.0 Å². The quantitative estimate of drug-likeness (QED) is 0.933. The van der Waals surface area contributed by atoms with Gasteiger partial charge >= 0.3 is 0 Å². The van der Waals surface area contributed by atoms with Crippen molar-refractivity contribution in [3.63, 3.8) is 0 Å². The topological polar surface area (TPSA) is 45.5 Å². The van der Waals surface area contributed by atoms with Crippen LogP contribution in [0.5, 0.6) is 0 Å². The van der Waals surface area contributed by atoms with Crippen LogP contribution in [0.4, 0.5) is 0 Å². The SMILES string of the molecule is CN(CC1CCCNC1)C(=O)c1cc2ccccc2o1. The number of benzene rings is 1. The lowest BCUT2D eigenvalue weighted by molar-refractivity contribution is 0.0735. The second-order valence-electron chi connectivity index (χ2n) is 5.55. The molecule has 4 heteroatoms. The molecule has 106 valence electrons. The fourth-order valence-corrected chi connectivity index (χ4v) is 2.83. The van der Waals surface area contributed by atoms with E-state index in [1.54, 1.807) is 4.90 Å². The van der Waals surface area contributed by atoms with Gasteiger partial charge in [-0.2, -0.15) is 0 Å². The van der Waals surface area contributed by atoms with E-state index in [9.17, 15) is 4.79 Å². The first-order valence-corrected chi connectivity index (χ1v) is 7.19. The van der Waals surface area contributed by atoms with E-state index in [4.69, 9.17) is 4.42 Å². The lowest BCUT2D eigenvalue weighted by atomic mass is 9.99. The number of hydrogen-bond acceptors (Lipinski definition) is 3. The fraction of sp³-hybridized carbons (Fsp3) is 0.438. The molecule has 0 spiro atoms. The minimum absolute atomic E-state index is 0.0354. The number of carbonyl (C=O) groups is 1. The highest BCUT2D eigenvalue weighted by molar-refractivity contribution is 5.95. The minimum atomic E-state index is -0.0354. The number of fused-ring (bicyclic) bond motifs is 1. The number of hydrogen-bond donors (Lipinski definition) is 1. The highest BCUT2D eigenvalue weighted by atomic mass is 16.3. The van der Waals surface area contributed by atoms with E-state index >= 15 is 0 Å².